The smallest absolute Gasteiger partial charge is 0.238 e. The Morgan fingerprint density at radius 2 is 1.92 bits per heavy atom. The van der Waals surface area contributed by atoms with Crippen LogP contribution in [0.25, 0.3) is 0 Å². The molecule has 0 saturated heterocycles. The van der Waals surface area contributed by atoms with Gasteiger partial charge in [0.2, 0.25) is 5.91 Å². The maximum atomic E-state index is 12.0. The van der Waals surface area contributed by atoms with E-state index in [4.69, 9.17) is 9.47 Å². The average molecular weight is 351 g/mol. The number of ether oxygens (including phenoxy) is 2. The molecule has 0 aliphatic rings. The minimum absolute atomic E-state index is 0. The fourth-order valence-corrected chi connectivity index (χ4v) is 2.04. The monoisotopic (exact) mass is 350 g/mol. The van der Waals surface area contributed by atoms with Crippen LogP contribution in [0.4, 0.5) is 5.69 Å². The molecule has 2 aromatic carbocycles. The molecule has 2 aromatic rings. The van der Waals surface area contributed by atoms with Crippen molar-refractivity contribution < 1.29 is 14.3 Å². The second-order valence-electron chi connectivity index (χ2n) is 5.13. The summed E-state index contributed by atoms with van der Waals surface area (Å²) < 4.78 is 10.8. The third-order valence-electron chi connectivity index (χ3n) is 3.15. The van der Waals surface area contributed by atoms with Gasteiger partial charge < -0.3 is 20.1 Å². The molecule has 0 atom stereocenters. The van der Waals surface area contributed by atoms with Gasteiger partial charge in [-0.1, -0.05) is 24.3 Å². The van der Waals surface area contributed by atoms with E-state index < -0.39 is 0 Å². The van der Waals surface area contributed by atoms with Crippen molar-refractivity contribution in [3.63, 3.8) is 0 Å². The van der Waals surface area contributed by atoms with E-state index in [1.54, 1.807) is 7.11 Å². The number of nitrogens with one attached hydrogen (secondary N) is 2. The predicted molar refractivity (Wildman–Crippen MR) is 98.3 cm³/mol. The van der Waals surface area contributed by atoms with Crippen LogP contribution in [-0.4, -0.2) is 32.7 Å². The Kier molecular flexibility index (Phi) is 8.86. The van der Waals surface area contributed by atoms with E-state index in [1.807, 2.05) is 55.5 Å². The first-order valence-corrected chi connectivity index (χ1v) is 7.52. The van der Waals surface area contributed by atoms with E-state index in [0.717, 1.165) is 11.3 Å². The molecular formula is C18H23ClN2O3. The molecule has 0 saturated carbocycles. The lowest BCUT2D eigenvalue weighted by molar-refractivity contribution is -0.115. The topological polar surface area (TPSA) is 59.6 Å². The first-order valence-electron chi connectivity index (χ1n) is 7.52. The number of benzene rings is 2. The number of aryl methyl sites for hydroxylation is 1. The molecule has 1 amide bonds. The SMILES string of the molecule is COCCNCC(=O)Nc1ccccc1Oc1cccc(C)c1.Cl. The van der Waals surface area contributed by atoms with Crippen LogP contribution in [0.15, 0.2) is 48.5 Å². The van der Waals surface area contributed by atoms with Crippen molar-refractivity contribution in [2.75, 3.05) is 32.1 Å². The molecule has 0 aliphatic heterocycles. The highest BCUT2D eigenvalue weighted by atomic mass is 35.5. The van der Waals surface area contributed by atoms with Gasteiger partial charge >= 0.3 is 0 Å². The Balaban J connectivity index is 0.00000288. The predicted octanol–water partition coefficient (Wildman–Crippen LogP) is 3.38. The third-order valence-corrected chi connectivity index (χ3v) is 3.15. The van der Waals surface area contributed by atoms with Gasteiger partial charge in [0.25, 0.3) is 0 Å². The van der Waals surface area contributed by atoms with Crippen molar-refractivity contribution >= 4 is 24.0 Å². The Bertz CT molecular complexity index is 650. The second-order valence-corrected chi connectivity index (χ2v) is 5.13. The van der Waals surface area contributed by atoms with Crippen LogP contribution in [0.5, 0.6) is 11.5 Å². The fraction of sp³-hybridized carbons (Fsp3) is 0.278. The zero-order chi connectivity index (χ0) is 16.5. The van der Waals surface area contributed by atoms with Crippen LogP contribution in [0.2, 0.25) is 0 Å². The number of amides is 1. The molecule has 5 nitrogen and oxygen atoms in total. The van der Waals surface area contributed by atoms with Crippen LogP contribution in [-0.2, 0) is 9.53 Å². The molecule has 0 aromatic heterocycles. The highest BCUT2D eigenvalue weighted by Crippen LogP contribution is 2.29. The molecule has 0 unspecified atom stereocenters. The number of methoxy groups -OCH3 is 1. The summed E-state index contributed by atoms with van der Waals surface area (Å²) >= 11 is 0. The minimum atomic E-state index is -0.124. The van der Waals surface area contributed by atoms with Crippen molar-refractivity contribution in [1.82, 2.24) is 5.32 Å². The summed E-state index contributed by atoms with van der Waals surface area (Å²) in [6.07, 6.45) is 0. The van der Waals surface area contributed by atoms with Crippen molar-refractivity contribution in [3.8, 4) is 11.5 Å². The van der Waals surface area contributed by atoms with Crippen LogP contribution in [0, 0.1) is 6.92 Å². The van der Waals surface area contributed by atoms with Crippen LogP contribution < -0.4 is 15.4 Å². The third kappa shape index (κ3) is 6.58. The van der Waals surface area contributed by atoms with Crippen LogP contribution in [0.1, 0.15) is 5.56 Å². The lowest BCUT2D eigenvalue weighted by Gasteiger charge is -2.13. The van der Waals surface area contributed by atoms with Crippen molar-refractivity contribution in [3.05, 3.63) is 54.1 Å². The quantitative estimate of drug-likeness (QED) is 0.716. The molecule has 130 valence electrons. The van der Waals surface area contributed by atoms with Crippen LogP contribution >= 0.6 is 12.4 Å². The van der Waals surface area contributed by atoms with E-state index in [9.17, 15) is 4.79 Å². The first-order chi connectivity index (χ1) is 11.2. The second kappa shape index (κ2) is 10.6. The lowest BCUT2D eigenvalue weighted by Crippen LogP contribution is -2.30. The fourth-order valence-electron chi connectivity index (χ4n) is 2.04. The normalized spacial score (nSPS) is 9.92. The number of hydrogen-bond acceptors (Lipinski definition) is 4. The van der Waals surface area contributed by atoms with E-state index in [0.29, 0.717) is 24.6 Å². The largest absolute Gasteiger partial charge is 0.455 e. The summed E-state index contributed by atoms with van der Waals surface area (Å²) in [4.78, 5) is 12.0. The maximum Gasteiger partial charge on any atom is 0.238 e. The van der Waals surface area contributed by atoms with E-state index in [-0.39, 0.29) is 24.9 Å². The Labute approximate surface area is 148 Å². The number of halogens is 1. The van der Waals surface area contributed by atoms with Gasteiger partial charge in [0, 0.05) is 13.7 Å². The number of carbonyl (C=O) groups is 1. The zero-order valence-electron chi connectivity index (χ0n) is 13.9. The molecule has 2 rings (SSSR count). The van der Waals surface area contributed by atoms with Crippen molar-refractivity contribution in [2.24, 2.45) is 0 Å². The molecule has 0 spiro atoms. The molecular weight excluding hydrogens is 328 g/mol. The first kappa shape index (κ1) is 20.0. The zero-order valence-corrected chi connectivity index (χ0v) is 14.7. The standard InChI is InChI=1S/C18H22N2O3.ClH/c1-14-6-5-7-15(12-14)23-17-9-4-3-8-16(17)20-18(21)13-19-10-11-22-2;/h3-9,12,19H,10-11,13H2,1-2H3,(H,20,21);1H. The van der Waals surface area contributed by atoms with Gasteiger partial charge in [-0.2, -0.15) is 0 Å². The molecule has 0 fully saturated rings. The van der Waals surface area contributed by atoms with Gasteiger partial charge in [0.15, 0.2) is 5.75 Å². The van der Waals surface area contributed by atoms with Gasteiger partial charge in [-0.3, -0.25) is 4.79 Å². The maximum absolute atomic E-state index is 12.0. The number of hydrogen-bond donors (Lipinski definition) is 2. The molecule has 0 heterocycles. The summed E-state index contributed by atoms with van der Waals surface area (Å²) in [6.45, 7) is 3.43. The average Bonchev–Trinajstić information content (AvgIpc) is 2.53. The number of carbonyl (C=O) groups excluding carboxylic acids is 1. The molecule has 0 bridgehead atoms. The van der Waals surface area contributed by atoms with Gasteiger partial charge in [-0.15, -0.1) is 12.4 Å². The van der Waals surface area contributed by atoms with E-state index >= 15 is 0 Å². The van der Waals surface area contributed by atoms with Gasteiger partial charge in [0.05, 0.1) is 18.8 Å². The molecule has 0 aliphatic carbocycles. The summed E-state index contributed by atoms with van der Waals surface area (Å²) in [5.41, 5.74) is 1.76. The molecule has 0 radical (unpaired) electrons. The summed E-state index contributed by atoms with van der Waals surface area (Å²) in [5, 5.41) is 5.86. The number of para-hydroxylation sites is 2. The van der Waals surface area contributed by atoms with Crippen LogP contribution in [0.3, 0.4) is 0 Å². The van der Waals surface area contributed by atoms with Crippen molar-refractivity contribution in [1.29, 1.82) is 0 Å². The minimum Gasteiger partial charge on any atom is -0.455 e. The van der Waals surface area contributed by atoms with E-state index in [1.165, 1.54) is 0 Å². The highest BCUT2D eigenvalue weighted by molar-refractivity contribution is 5.93. The van der Waals surface area contributed by atoms with Gasteiger partial charge in [-0.05, 0) is 36.8 Å². The molecule has 24 heavy (non-hydrogen) atoms. The molecule has 6 heteroatoms. The number of anilines is 1. The van der Waals surface area contributed by atoms with Gasteiger partial charge in [-0.25, -0.2) is 0 Å². The number of rotatable bonds is 8. The van der Waals surface area contributed by atoms with E-state index in [2.05, 4.69) is 10.6 Å². The summed E-state index contributed by atoms with van der Waals surface area (Å²) in [7, 11) is 1.63. The van der Waals surface area contributed by atoms with Gasteiger partial charge in [0.1, 0.15) is 5.75 Å². The Hall–Kier alpha value is -2.08. The van der Waals surface area contributed by atoms with Crippen molar-refractivity contribution in [2.45, 2.75) is 6.92 Å². The highest BCUT2D eigenvalue weighted by Gasteiger charge is 2.08. The molecule has 2 N–H and O–H groups in total. The Morgan fingerprint density at radius 3 is 2.67 bits per heavy atom. The Morgan fingerprint density at radius 1 is 1.12 bits per heavy atom. The summed E-state index contributed by atoms with van der Waals surface area (Å²) in [5.74, 6) is 1.23. The lowest BCUT2D eigenvalue weighted by atomic mass is 10.2. The summed E-state index contributed by atoms with van der Waals surface area (Å²) in [6, 6.07) is 15.2.